The van der Waals surface area contributed by atoms with Crippen molar-refractivity contribution in [2.45, 2.75) is 26.1 Å². The van der Waals surface area contributed by atoms with E-state index >= 15 is 0 Å². The largest absolute Gasteiger partial charge is 0.435 e. The summed E-state index contributed by atoms with van der Waals surface area (Å²) < 4.78 is 37.6. The fourth-order valence-corrected chi connectivity index (χ4v) is 1.01. The van der Waals surface area contributed by atoms with Crippen LogP contribution in [0.25, 0.3) is 0 Å². The third kappa shape index (κ3) is 1.87. The van der Waals surface area contributed by atoms with Crippen LogP contribution in [0.4, 0.5) is 13.2 Å². The molecule has 1 aromatic rings. The summed E-state index contributed by atoms with van der Waals surface area (Å²) in [6, 6.07) is 2.16. The Hall–Kier alpha value is -1.51. The van der Waals surface area contributed by atoms with Crippen LogP contribution in [0, 0.1) is 11.3 Å². The van der Waals surface area contributed by atoms with E-state index in [1.54, 1.807) is 19.9 Å². The molecule has 0 saturated carbocycles. The number of hydrogen-bond donors (Lipinski definition) is 0. The molecule has 3 nitrogen and oxygen atoms in total. The highest BCUT2D eigenvalue weighted by Gasteiger charge is 2.35. The number of nitrogens with zero attached hydrogens (tertiary/aromatic N) is 3. The molecule has 6 heteroatoms. The normalized spacial score (nSPS) is 11.8. The Kier molecular flexibility index (Phi) is 2.51. The lowest BCUT2D eigenvalue weighted by Gasteiger charge is -2.06. The molecule has 0 aliphatic heterocycles. The Morgan fingerprint density at radius 3 is 2.36 bits per heavy atom. The van der Waals surface area contributed by atoms with Crippen LogP contribution in [0.3, 0.4) is 0 Å². The van der Waals surface area contributed by atoms with Crippen LogP contribution in [0.5, 0.6) is 0 Å². The second kappa shape index (κ2) is 3.33. The molecule has 0 amide bonds. The fourth-order valence-electron chi connectivity index (χ4n) is 1.01. The van der Waals surface area contributed by atoms with Gasteiger partial charge in [0.2, 0.25) is 0 Å². The second-order valence-electron chi connectivity index (χ2n) is 3.06. The van der Waals surface area contributed by atoms with Crippen molar-refractivity contribution in [3.05, 3.63) is 17.5 Å². The summed E-state index contributed by atoms with van der Waals surface area (Å²) in [7, 11) is 0. The van der Waals surface area contributed by atoms with Crippen LogP contribution < -0.4 is 0 Å². The van der Waals surface area contributed by atoms with E-state index in [0.29, 0.717) is 0 Å². The first-order valence-corrected chi connectivity index (χ1v) is 3.93. The molecule has 1 rings (SSSR count). The topological polar surface area (TPSA) is 41.6 Å². The van der Waals surface area contributed by atoms with Gasteiger partial charge in [-0.05, 0) is 13.8 Å². The molecule has 0 atom stereocenters. The van der Waals surface area contributed by atoms with Gasteiger partial charge in [0.05, 0.1) is 0 Å². The zero-order chi connectivity index (χ0) is 10.9. The molecule has 0 N–H and O–H groups in total. The van der Waals surface area contributed by atoms with Crippen LogP contribution in [0.15, 0.2) is 6.07 Å². The Bertz CT molecular complexity index is 370. The highest BCUT2D eigenvalue weighted by molar-refractivity contribution is 5.25. The van der Waals surface area contributed by atoms with Crippen LogP contribution in [0.2, 0.25) is 0 Å². The number of rotatable bonds is 1. The summed E-state index contributed by atoms with van der Waals surface area (Å²) in [6.45, 7) is 3.32. The van der Waals surface area contributed by atoms with Gasteiger partial charge in [0.25, 0.3) is 0 Å². The van der Waals surface area contributed by atoms with E-state index in [2.05, 4.69) is 5.10 Å². The summed E-state index contributed by atoms with van der Waals surface area (Å²) >= 11 is 0. The second-order valence-corrected chi connectivity index (χ2v) is 3.06. The Balaban J connectivity index is 3.22. The predicted molar refractivity (Wildman–Crippen MR) is 42.3 cm³/mol. The minimum Gasteiger partial charge on any atom is -0.252 e. The summed E-state index contributed by atoms with van der Waals surface area (Å²) in [4.78, 5) is 0. The summed E-state index contributed by atoms with van der Waals surface area (Å²) in [5.74, 6) is 0. The Labute approximate surface area is 78.8 Å². The number of alkyl halides is 3. The summed E-state index contributed by atoms with van der Waals surface area (Å²) in [6.07, 6.45) is -4.49. The van der Waals surface area contributed by atoms with Crippen LogP contribution >= 0.6 is 0 Å². The van der Waals surface area contributed by atoms with Crippen molar-refractivity contribution in [2.75, 3.05) is 0 Å². The third-order valence-corrected chi connectivity index (χ3v) is 1.63. The maximum absolute atomic E-state index is 12.2. The Morgan fingerprint density at radius 2 is 2.07 bits per heavy atom. The molecular formula is C8H8F3N3. The molecule has 0 unspecified atom stereocenters. The van der Waals surface area contributed by atoms with Gasteiger partial charge in [-0.25, -0.2) is 0 Å². The van der Waals surface area contributed by atoms with Crippen LogP contribution in [0.1, 0.15) is 31.3 Å². The van der Waals surface area contributed by atoms with Crippen molar-refractivity contribution in [3.8, 4) is 6.07 Å². The highest BCUT2D eigenvalue weighted by atomic mass is 19.4. The van der Waals surface area contributed by atoms with Crippen LogP contribution in [-0.4, -0.2) is 9.78 Å². The summed E-state index contributed by atoms with van der Waals surface area (Å²) in [5.41, 5.74) is -1.10. The molecule has 1 aromatic heterocycles. The van der Waals surface area contributed by atoms with Gasteiger partial charge >= 0.3 is 6.18 Å². The highest BCUT2D eigenvalue weighted by Crippen LogP contribution is 2.29. The molecule has 0 aliphatic carbocycles. The minimum absolute atomic E-state index is 0.0766. The molecule has 1 heterocycles. The first-order valence-electron chi connectivity index (χ1n) is 3.93. The van der Waals surface area contributed by atoms with Gasteiger partial charge in [0.1, 0.15) is 11.8 Å². The molecule has 0 saturated heterocycles. The molecule has 0 aliphatic rings. The van der Waals surface area contributed by atoms with Crippen molar-refractivity contribution < 1.29 is 13.2 Å². The van der Waals surface area contributed by atoms with Gasteiger partial charge in [-0.2, -0.15) is 23.5 Å². The zero-order valence-electron chi connectivity index (χ0n) is 7.63. The lowest BCUT2D eigenvalue weighted by atomic mass is 10.3. The van der Waals surface area contributed by atoms with Crippen molar-refractivity contribution >= 4 is 0 Å². The predicted octanol–water partition coefficient (Wildman–Crippen LogP) is 2.35. The van der Waals surface area contributed by atoms with E-state index in [-0.39, 0.29) is 11.7 Å². The molecule has 0 radical (unpaired) electrons. The Morgan fingerprint density at radius 1 is 1.50 bits per heavy atom. The number of nitriles is 1. The van der Waals surface area contributed by atoms with Gasteiger partial charge in [0, 0.05) is 12.1 Å². The van der Waals surface area contributed by atoms with E-state index < -0.39 is 11.9 Å². The standard InChI is InChI=1S/C8H8F3N3/c1-5(2)14-6(4-12)3-7(13-14)8(9,10)11/h3,5H,1-2H3. The first-order chi connectivity index (χ1) is 6.36. The minimum atomic E-state index is -4.49. The lowest BCUT2D eigenvalue weighted by Crippen LogP contribution is -2.09. The van der Waals surface area contributed by atoms with Crippen LogP contribution in [-0.2, 0) is 6.18 Å². The monoisotopic (exact) mass is 203 g/mol. The van der Waals surface area contributed by atoms with Gasteiger partial charge in [0.15, 0.2) is 5.69 Å². The van der Waals surface area contributed by atoms with Gasteiger partial charge in [-0.3, -0.25) is 4.68 Å². The SMILES string of the molecule is CC(C)n1nc(C(F)(F)F)cc1C#N. The zero-order valence-corrected chi connectivity index (χ0v) is 7.63. The molecular weight excluding hydrogens is 195 g/mol. The molecule has 0 bridgehead atoms. The van der Waals surface area contributed by atoms with Crippen molar-refractivity contribution in [2.24, 2.45) is 0 Å². The fraction of sp³-hybridized carbons (Fsp3) is 0.500. The molecule has 14 heavy (non-hydrogen) atoms. The van der Waals surface area contributed by atoms with Gasteiger partial charge in [-0.15, -0.1) is 0 Å². The molecule has 0 aromatic carbocycles. The summed E-state index contributed by atoms with van der Waals surface area (Å²) in [5, 5.41) is 11.9. The number of aromatic nitrogens is 2. The average molecular weight is 203 g/mol. The van der Waals surface area contributed by atoms with Gasteiger partial charge < -0.3 is 0 Å². The molecule has 76 valence electrons. The van der Waals surface area contributed by atoms with E-state index in [0.717, 1.165) is 10.7 Å². The molecule has 0 fully saturated rings. The van der Waals surface area contributed by atoms with Crippen molar-refractivity contribution in [3.63, 3.8) is 0 Å². The third-order valence-electron chi connectivity index (χ3n) is 1.63. The van der Waals surface area contributed by atoms with E-state index in [1.807, 2.05) is 0 Å². The van der Waals surface area contributed by atoms with E-state index in [1.165, 1.54) is 0 Å². The lowest BCUT2D eigenvalue weighted by molar-refractivity contribution is -0.141. The number of hydrogen-bond acceptors (Lipinski definition) is 2. The smallest absolute Gasteiger partial charge is 0.252 e. The molecule has 0 spiro atoms. The van der Waals surface area contributed by atoms with Crippen molar-refractivity contribution in [1.29, 1.82) is 5.26 Å². The van der Waals surface area contributed by atoms with E-state index in [9.17, 15) is 13.2 Å². The number of halogens is 3. The quantitative estimate of drug-likeness (QED) is 0.703. The van der Waals surface area contributed by atoms with Gasteiger partial charge in [-0.1, -0.05) is 0 Å². The average Bonchev–Trinajstić information content (AvgIpc) is 2.45. The first kappa shape index (κ1) is 10.6. The maximum atomic E-state index is 12.2. The van der Waals surface area contributed by atoms with Crippen molar-refractivity contribution in [1.82, 2.24) is 9.78 Å². The maximum Gasteiger partial charge on any atom is 0.435 e. The van der Waals surface area contributed by atoms with E-state index in [4.69, 9.17) is 5.26 Å².